The highest BCUT2D eigenvalue weighted by Crippen LogP contribution is 2.15. The topological polar surface area (TPSA) is 88.5 Å². The molecule has 2 N–H and O–H groups in total. The summed E-state index contributed by atoms with van der Waals surface area (Å²) in [6.45, 7) is 3.76. The summed E-state index contributed by atoms with van der Waals surface area (Å²) in [5.74, 6) is 1.33. The van der Waals surface area contributed by atoms with E-state index in [0.29, 0.717) is 12.5 Å². The van der Waals surface area contributed by atoms with Crippen LogP contribution in [0.4, 0.5) is 5.95 Å². The van der Waals surface area contributed by atoms with Gasteiger partial charge in [0.05, 0.1) is 12.2 Å². The second-order valence-electron chi connectivity index (χ2n) is 6.28. The van der Waals surface area contributed by atoms with Gasteiger partial charge in [-0.05, 0) is 23.8 Å². The first-order valence-corrected chi connectivity index (χ1v) is 8.96. The van der Waals surface area contributed by atoms with Crippen LogP contribution in [0.5, 0.6) is 0 Å². The van der Waals surface area contributed by atoms with Crippen molar-refractivity contribution in [1.82, 2.24) is 24.6 Å². The minimum Gasteiger partial charge on any atom is -0.370 e. The first-order valence-electron chi connectivity index (χ1n) is 8.96. The van der Waals surface area contributed by atoms with E-state index in [1.165, 1.54) is 0 Å². The lowest BCUT2D eigenvalue weighted by atomic mass is 10.2. The highest BCUT2D eigenvalue weighted by atomic mass is 15.4. The summed E-state index contributed by atoms with van der Waals surface area (Å²) >= 11 is 0. The first-order chi connectivity index (χ1) is 13.3. The van der Waals surface area contributed by atoms with E-state index in [4.69, 9.17) is 5.73 Å². The molecule has 0 radical (unpaired) electrons. The van der Waals surface area contributed by atoms with Crippen molar-refractivity contribution in [2.24, 2.45) is 10.7 Å². The van der Waals surface area contributed by atoms with Gasteiger partial charge in [0.25, 0.3) is 0 Å². The molecule has 3 heterocycles. The first kappa shape index (κ1) is 17.0. The van der Waals surface area contributed by atoms with Gasteiger partial charge in [0.2, 0.25) is 5.95 Å². The maximum absolute atomic E-state index is 6.25. The number of guanidine groups is 1. The number of nitrogens with two attached hydrogens (primary N) is 1. The van der Waals surface area contributed by atoms with E-state index < -0.39 is 0 Å². The predicted molar refractivity (Wildman–Crippen MR) is 105 cm³/mol. The zero-order valence-corrected chi connectivity index (χ0v) is 15.0. The largest absolute Gasteiger partial charge is 0.370 e. The van der Waals surface area contributed by atoms with Crippen LogP contribution in [0.1, 0.15) is 5.56 Å². The van der Waals surface area contributed by atoms with Crippen molar-refractivity contribution < 1.29 is 0 Å². The molecule has 0 spiro atoms. The SMILES string of the molecule is NC(=NCc1ccccc1-n1cccn1)N1CCN(c2ncccn2)CC1. The van der Waals surface area contributed by atoms with Crippen LogP contribution in [0, 0.1) is 0 Å². The number of para-hydroxylation sites is 1. The van der Waals surface area contributed by atoms with Gasteiger partial charge in [0, 0.05) is 51.0 Å². The Morgan fingerprint density at radius 1 is 0.963 bits per heavy atom. The van der Waals surface area contributed by atoms with Crippen LogP contribution in [0.3, 0.4) is 0 Å². The number of hydrogen-bond acceptors (Lipinski definition) is 5. The Morgan fingerprint density at radius 3 is 2.48 bits per heavy atom. The molecule has 27 heavy (non-hydrogen) atoms. The number of piperazine rings is 1. The minimum absolute atomic E-state index is 0.518. The van der Waals surface area contributed by atoms with Crippen LogP contribution in [-0.2, 0) is 6.54 Å². The van der Waals surface area contributed by atoms with Crippen molar-refractivity contribution in [3.05, 3.63) is 66.7 Å². The van der Waals surface area contributed by atoms with Gasteiger partial charge in [-0.15, -0.1) is 0 Å². The average Bonchev–Trinajstić information content (AvgIpc) is 3.28. The van der Waals surface area contributed by atoms with Crippen molar-refractivity contribution in [2.45, 2.75) is 6.54 Å². The quantitative estimate of drug-likeness (QED) is 0.556. The summed E-state index contributed by atoms with van der Waals surface area (Å²) in [5.41, 5.74) is 8.36. The summed E-state index contributed by atoms with van der Waals surface area (Å²) in [6.07, 6.45) is 7.23. The number of aromatic nitrogens is 4. The number of aliphatic imine (C=N–C) groups is 1. The summed E-state index contributed by atoms with van der Waals surface area (Å²) in [5, 5.41) is 4.31. The van der Waals surface area contributed by atoms with E-state index in [9.17, 15) is 0 Å². The zero-order chi connectivity index (χ0) is 18.5. The molecule has 3 aromatic rings. The lowest BCUT2D eigenvalue weighted by Crippen LogP contribution is -2.51. The van der Waals surface area contributed by atoms with E-state index in [1.54, 1.807) is 18.6 Å². The molecule has 138 valence electrons. The van der Waals surface area contributed by atoms with Gasteiger partial charge in [-0.1, -0.05) is 18.2 Å². The van der Waals surface area contributed by atoms with Crippen LogP contribution in [0.25, 0.3) is 5.69 Å². The minimum atomic E-state index is 0.518. The summed E-state index contributed by atoms with van der Waals surface area (Å²) in [4.78, 5) is 17.5. The van der Waals surface area contributed by atoms with Gasteiger partial charge >= 0.3 is 0 Å². The molecule has 1 aromatic carbocycles. The average molecular weight is 362 g/mol. The molecule has 0 unspecified atom stereocenters. The zero-order valence-electron chi connectivity index (χ0n) is 15.0. The normalized spacial score (nSPS) is 15.2. The Bertz CT molecular complexity index is 883. The van der Waals surface area contributed by atoms with Crippen LogP contribution in [0.15, 0.2) is 66.2 Å². The fraction of sp³-hybridized carbons (Fsp3) is 0.263. The molecule has 0 amide bonds. The van der Waals surface area contributed by atoms with Crippen molar-refractivity contribution in [1.29, 1.82) is 0 Å². The number of nitrogens with zero attached hydrogens (tertiary/aromatic N) is 7. The molecule has 0 saturated carbocycles. The molecule has 1 aliphatic heterocycles. The molecule has 8 heteroatoms. The van der Waals surface area contributed by atoms with Gasteiger partial charge in [-0.3, -0.25) is 0 Å². The van der Waals surface area contributed by atoms with E-state index in [-0.39, 0.29) is 0 Å². The van der Waals surface area contributed by atoms with Crippen LogP contribution in [0.2, 0.25) is 0 Å². The Labute approximate surface area is 158 Å². The third-order valence-electron chi connectivity index (χ3n) is 4.59. The highest BCUT2D eigenvalue weighted by Gasteiger charge is 2.19. The molecule has 2 aromatic heterocycles. The maximum Gasteiger partial charge on any atom is 0.225 e. The van der Waals surface area contributed by atoms with Gasteiger partial charge in [0.15, 0.2) is 5.96 Å². The molecule has 1 saturated heterocycles. The fourth-order valence-electron chi connectivity index (χ4n) is 3.14. The lowest BCUT2D eigenvalue weighted by molar-refractivity contribution is 0.378. The third kappa shape index (κ3) is 3.89. The summed E-state index contributed by atoms with van der Waals surface area (Å²) < 4.78 is 1.85. The van der Waals surface area contributed by atoms with Crippen LogP contribution >= 0.6 is 0 Å². The molecular formula is C19H22N8. The Hall–Kier alpha value is -3.42. The van der Waals surface area contributed by atoms with Crippen molar-refractivity contribution in [3.63, 3.8) is 0 Å². The number of benzene rings is 1. The van der Waals surface area contributed by atoms with E-state index in [0.717, 1.165) is 43.4 Å². The van der Waals surface area contributed by atoms with Crippen LogP contribution < -0.4 is 10.6 Å². The van der Waals surface area contributed by atoms with Crippen LogP contribution in [-0.4, -0.2) is 56.8 Å². The Kier molecular flexibility index (Phi) is 4.95. The Balaban J connectivity index is 1.40. The number of hydrogen-bond donors (Lipinski definition) is 1. The molecule has 4 rings (SSSR count). The molecule has 8 nitrogen and oxygen atoms in total. The monoisotopic (exact) mass is 362 g/mol. The molecule has 1 fully saturated rings. The molecule has 1 aliphatic rings. The molecule has 0 aliphatic carbocycles. The molecule has 0 atom stereocenters. The third-order valence-corrected chi connectivity index (χ3v) is 4.59. The Morgan fingerprint density at radius 2 is 1.74 bits per heavy atom. The molecule has 0 bridgehead atoms. The van der Waals surface area contributed by atoms with Gasteiger partial charge in [-0.25, -0.2) is 19.6 Å². The highest BCUT2D eigenvalue weighted by molar-refractivity contribution is 5.78. The van der Waals surface area contributed by atoms with Gasteiger partial charge in [-0.2, -0.15) is 5.10 Å². The van der Waals surface area contributed by atoms with E-state index in [2.05, 4.69) is 35.9 Å². The van der Waals surface area contributed by atoms with E-state index >= 15 is 0 Å². The van der Waals surface area contributed by atoms with Crippen molar-refractivity contribution >= 4 is 11.9 Å². The predicted octanol–water partition coefficient (Wildman–Crippen LogP) is 1.30. The standard InChI is InChI=1S/C19H22N8/c20-18(25-11-13-26(14-12-25)19-21-7-3-8-22-19)23-15-16-5-1-2-6-17(16)27-10-4-9-24-27/h1-10H,11-15H2,(H2,20,23). The van der Waals surface area contributed by atoms with Gasteiger partial charge < -0.3 is 15.5 Å². The van der Waals surface area contributed by atoms with Crippen molar-refractivity contribution in [3.8, 4) is 5.69 Å². The smallest absolute Gasteiger partial charge is 0.225 e. The fourth-order valence-corrected chi connectivity index (χ4v) is 3.14. The van der Waals surface area contributed by atoms with Gasteiger partial charge in [0.1, 0.15) is 0 Å². The van der Waals surface area contributed by atoms with Crippen molar-refractivity contribution in [2.75, 3.05) is 31.1 Å². The summed E-state index contributed by atoms with van der Waals surface area (Å²) in [7, 11) is 0. The second-order valence-corrected chi connectivity index (χ2v) is 6.28. The number of rotatable bonds is 4. The summed E-state index contributed by atoms with van der Waals surface area (Å²) in [6, 6.07) is 11.8. The second kappa shape index (κ2) is 7.86. The maximum atomic E-state index is 6.25. The number of anilines is 1. The molecular weight excluding hydrogens is 340 g/mol. The van der Waals surface area contributed by atoms with E-state index in [1.807, 2.05) is 41.2 Å². The lowest BCUT2D eigenvalue weighted by Gasteiger charge is -2.35.